The van der Waals surface area contributed by atoms with Crippen molar-refractivity contribution in [2.24, 2.45) is 5.92 Å². The summed E-state index contributed by atoms with van der Waals surface area (Å²) >= 11 is 1.55. The molecule has 0 radical (unpaired) electrons. The van der Waals surface area contributed by atoms with Gasteiger partial charge in [0.05, 0.1) is 17.7 Å². The molecule has 0 unspecified atom stereocenters. The molecule has 1 N–H and O–H groups in total. The van der Waals surface area contributed by atoms with Gasteiger partial charge in [-0.05, 0) is 18.8 Å². The third kappa shape index (κ3) is 2.75. The number of piperidine rings is 1. The topological polar surface area (TPSA) is 73.7 Å². The largest absolute Gasteiger partial charge is 0.390 e. The van der Waals surface area contributed by atoms with Gasteiger partial charge in [-0.3, -0.25) is 9.69 Å². The second-order valence-electron chi connectivity index (χ2n) is 6.37. The van der Waals surface area contributed by atoms with Gasteiger partial charge in [0, 0.05) is 24.0 Å². The van der Waals surface area contributed by atoms with Crippen molar-refractivity contribution in [3.63, 3.8) is 0 Å². The van der Waals surface area contributed by atoms with Gasteiger partial charge in [0.1, 0.15) is 6.04 Å². The molecule has 7 heteroatoms. The summed E-state index contributed by atoms with van der Waals surface area (Å²) in [6.45, 7) is 5.07. The van der Waals surface area contributed by atoms with Crippen molar-refractivity contribution < 1.29 is 14.7 Å². The molecule has 1 aromatic rings. The molecule has 22 heavy (non-hydrogen) atoms. The minimum Gasteiger partial charge on any atom is -0.390 e. The maximum atomic E-state index is 12.4. The molecular formula is C15H21N3O3S. The molecule has 2 fully saturated rings. The highest BCUT2D eigenvalue weighted by molar-refractivity contribution is 7.11. The quantitative estimate of drug-likeness (QED) is 0.855. The number of aliphatic hydroxyl groups excluding tert-OH is 1. The first-order chi connectivity index (χ1) is 10.5. The van der Waals surface area contributed by atoms with E-state index in [9.17, 15) is 14.7 Å². The van der Waals surface area contributed by atoms with E-state index >= 15 is 0 Å². The maximum Gasteiger partial charge on any atom is 0.327 e. The number of rotatable bonds is 4. The standard InChI is InChI=1S/C15H21N3O3S/c1-9(2)6-12-16-7-10(22-12)8-18-14(20)13-11(19)4-3-5-17(13)15(18)21/h7,9,11,13,19H,3-6,8H2,1-2H3/t11-,13-/m0/s1. The fourth-order valence-corrected chi connectivity index (χ4v) is 4.19. The normalized spacial score (nSPS) is 25.3. The van der Waals surface area contributed by atoms with E-state index < -0.39 is 12.1 Å². The highest BCUT2D eigenvalue weighted by Crippen LogP contribution is 2.29. The molecule has 2 aliphatic heterocycles. The number of hydrogen-bond donors (Lipinski definition) is 1. The summed E-state index contributed by atoms with van der Waals surface area (Å²) in [5, 5.41) is 11.0. The Morgan fingerprint density at radius 3 is 2.91 bits per heavy atom. The van der Waals surface area contributed by atoms with Crippen molar-refractivity contribution in [1.82, 2.24) is 14.8 Å². The molecule has 3 rings (SSSR count). The van der Waals surface area contributed by atoms with E-state index in [4.69, 9.17) is 0 Å². The van der Waals surface area contributed by atoms with E-state index in [2.05, 4.69) is 18.8 Å². The van der Waals surface area contributed by atoms with Crippen molar-refractivity contribution in [1.29, 1.82) is 0 Å². The fraction of sp³-hybridized carbons (Fsp3) is 0.667. The fourth-order valence-electron chi connectivity index (χ4n) is 3.06. The van der Waals surface area contributed by atoms with Gasteiger partial charge in [0.2, 0.25) is 0 Å². The number of amides is 3. The first-order valence-electron chi connectivity index (χ1n) is 7.71. The van der Waals surface area contributed by atoms with E-state index in [0.717, 1.165) is 22.7 Å². The Bertz CT molecular complexity index is 586. The van der Waals surface area contributed by atoms with Crippen LogP contribution in [0.5, 0.6) is 0 Å². The predicted molar refractivity (Wildman–Crippen MR) is 82.3 cm³/mol. The Balaban J connectivity index is 1.73. The van der Waals surface area contributed by atoms with E-state index in [1.807, 2.05) is 0 Å². The molecule has 2 atom stereocenters. The highest BCUT2D eigenvalue weighted by Gasteiger charge is 2.49. The van der Waals surface area contributed by atoms with Gasteiger partial charge in [-0.2, -0.15) is 0 Å². The number of aromatic nitrogens is 1. The zero-order valence-electron chi connectivity index (χ0n) is 12.9. The van der Waals surface area contributed by atoms with Crippen molar-refractivity contribution in [3.8, 4) is 0 Å². The zero-order valence-corrected chi connectivity index (χ0v) is 13.7. The number of thiazole rings is 1. The summed E-state index contributed by atoms with van der Waals surface area (Å²) in [6.07, 6.45) is 3.22. The molecule has 6 nitrogen and oxygen atoms in total. The third-order valence-corrected chi connectivity index (χ3v) is 5.10. The number of fused-ring (bicyclic) bond motifs is 1. The van der Waals surface area contributed by atoms with Gasteiger partial charge in [-0.1, -0.05) is 13.8 Å². The Kier molecular flexibility index (Phi) is 4.18. The first kappa shape index (κ1) is 15.4. The molecule has 1 aromatic heterocycles. The van der Waals surface area contributed by atoms with Gasteiger partial charge in [-0.25, -0.2) is 9.78 Å². The van der Waals surface area contributed by atoms with E-state index in [0.29, 0.717) is 18.9 Å². The number of hydrogen-bond acceptors (Lipinski definition) is 5. The Morgan fingerprint density at radius 2 is 2.23 bits per heavy atom. The number of imide groups is 1. The smallest absolute Gasteiger partial charge is 0.327 e. The molecular weight excluding hydrogens is 302 g/mol. The summed E-state index contributed by atoms with van der Waals surface area (Å²) < 4.78 is 0. The van der Waals surface area contributed by atoms with E-state index in [1.165, 1.54) is 9.80 Å². The number of aliphatic hydroxyl groups is 1. The van der Waals surface area contributed by atoms with Crippen LogP contribution in [0.25, 0.3) is 0 Å². The average molecular weight is 323 g/mol. The number of carbonyl (C=O) groups excluding carboxylic acids is 2. The number of carbonyl (C=O) groups is 2. The lowest BCUT2D eigenvalue weighted by Gasteiger charge is -2.30. The maximum absolute atomic E-state index is 12.4. The van der Waals surface area contributed by atoms with Crippen molar-refractivity contribution >= 4 is 23.3 Å². The summed E-state index contributed by atoms with van der Waals surface area (Å²) in [5.41, 5.74) is 0. The van der Waals surface area contributed by atoms with Crippen molar-refractivity contribution in [3.05, 3.63) is 16.1 Å². The lowest BCUT2D eigenvalue weighted by Crippen LogP contribution is -2.48. The third-order valence-electron chi connectivity index (χ3n) is 4.09. The first-order valence-corrected chi connectivity index (χ1v) is 8.52. The summed E-state index contributed by atoms with van der Waals surface area (Å²) in [4.78, 5) is 32.9. The molecule has 0 bridgehead atoms. The molecule has 0 aromatic carbocycles. The average Bonchev–Trinajstić information content (AvgIpc) is 2.98. The monoisotopic (exact) mass is 323 g/mol. The molecule has 3 amide bonds. The second kappa shape index (κ2) is 5.96. The van der Waals surface area contributed by atoms with Gasteiger partial charge < -0.3 is 10.0 Å². The van der Waals surface area contributed by atoms with Gasteiger partial charge in [-0.15, -0.1) is 11.3 Å². The Labute approximate surface area is 133 Å². The summed E-state index contributed by atoms with van der Waals surface area (Å²) in [6, 6.07) is -0.975. The predicted octanol–water partition coefficient (Wildman–Crippen LogP) is 1.63. The van der Waals surface area contributed by atoms with E-state index in [-0.39, 0.29) is 18.5 Å². The minimum absolute atomic E-state index is 0.257. The van der Waals surface area contributed by atoms with Crippen LogP contribution < -0.4 is 0 Å². The van der Waals surface area contributed by atoms with Crippen LogP contribution in [0.4, 0.5) is 4.79 Å². The van der Waals surface area contributed by atoms with Gasteiger partial charge in [0.15, 0.2) is 0 Å². The molecule has 0 saturated carbocycles. The van der Waals surface area contributed by atoms with Crippen molar-refractivity contribution in [2.75, 3.05) is 6.54 Å². The molecule has 0 aliphatic carbocycles. The highest BCUT2D eigenvalue weighted by atomic mass is 32.1. The SMILES string of the molecule is CC(C)Cc1ncc(CN2C(=O)[C@@H]3[C@@H](O)CCCN3C2=O)s1. The summed E-state index contributed by atoms with van der Waals surface area (Å²) in [5.74, 6) is 0.245. The Morgan fingerprint density at radius 1 is 1.45 bits per heavy atom. The molecule has 2 aliphatic rings. The Hall–Kier alpha value is -1.47. The minimum atomic E-state index is -0.742. The van der Waals surface area contributed by atoms with Crippen LogP contribution in [-0.4, -0.2) is 50.5 Å². The van der Waals surface area contributed by atoms with Crippen LogP contribution >= 0.6 is 11.3 Å². The molecule has 0 spiro atoms. The van der Waals surface area contributed by atoms with Crippen molar-refractivity contribution in [2.45, 2.75) is 51.8 Å². The number of urea groups is 1. The lowest BCUT2D eigenvalue weighted by atomic mass is 10.0. The van der Waals surface area contributed by atoms with Crippen LogP contribution in [0.3, 0.4) is 0 Å². The van der Waals surface area contributed by atoms with E-state index in [1.54, 1.807) is 17.5 Å². The molecule has 2 saturated heterocycles. The van der Waals surface area contributed by atoms with Crippen LogP contribution in [-0.2, 0) is 17.8 Å². The van der Waals surface area contributed by atoms with Crippen LogP contribution in [0.1, 0.15) is 36.6 Å². The molecule has 3 heterocycles. The van der Waals surface area contributed by atoms with Crippen LogP contribution in [0.15, 0.2) is 6.20 Å². The molecule has 120 valence electrons. The lowest BCUT2D eigenvalue weighted by molar-refractivity contribution is -0.132. The van der Waals surface area contributed by atoms with Crippen LogP contribution in [0, 0.1) is 5.92 Å². The zero-order chi connectivity index (χ0) is 15.9. The van der Waals surface area contributed by atoms with Crippen LogP contribution in [0.2, 0.25) is 0 Å². The second-order valence-corrected chi connectivity index (χ2v) is 7.57. The number of nitrogens with zero attached hydrogens (tertiary/aromatic N) is 3. The van der Waals surface area contributed by atoms with Gasteiger partial charge in [0.25, 0.3) is 5.91 Å². The summed E-state index contributed by atoms with van der Waals surface area (Å²) in [7, 11) is 0. The van der Waals surface area contributed by atoms with Gasteiger partial charge >= 0.3 is 6.03 Å².